The van der Waals surface area contributed by atoms with Crippen LogP contribution in [0, 0.1) is 11.3 Å². The van der Waals surface area contributed by atoms with Crippen LogP contribution in [0.4, 0.5) is 0 Å². The van der Waals surface area contributed by atoms with Gasteiger partial charge in [0.25, 0.3) is 0 Å². The molecule has 1 aromatic rings. The molecule has 0 radical (unpaired) electrons. The molecule has 0 heterocycles. The topological polar surface area (TPSA) is 64.9 Å². The Labute approximate surface area is 102 Å². The summed E-state index contributed by atoms with van der Waals surface area (Å²) in [5.41, 5.74) is 0.964. The van der Waals surface area contributed by atoms with Crippen LogP contribution in [0.2, 0.25) is 0 Å². The van der Waals surface area contributed by atoms with Crippen molar-refractivity contribution in [2.45, 2.75) is 18.9 Å². The highest BCUT2D eigenvalue weighted by Crippen LogP contribution is 2.13. The lowest BCUT2D eigenvalue weighted by atomic mass is 10.0. The first kappa shape index (κ1) is 13.2. The van der Waals surface area contributed by atoms with Crippen LogP contribution < -0.4 is 10.6 Å². The van der Waals surface area contributed by atoms with Gasteiger partial charge in [0.1, 0.15) is 0 Å². The first-order valence-corrected chi connectivity index (χ1v) is 5.58. The van der Waals surface area contributed by atoms with E-state index in [0.29, 0.717) is 6.54 Å². The highest BCUT2D eigenvalue weighted by atomic mass is 16.2. The smallest absolute Gasteiger partial charge is 0.236 e. The summed E-state index contributed by atoms with van der Waals surface area (Å²) in [5.74, 6) is -0.307. The summed E-state index contributed by atoms with van der Waals surface area (Å²) in [6.45, 7) is 2.24. The summed E-state index contributed by atoms with van der Waals surface area (Å²) in [4.78, 5) is 11.3. The van der Waals surface area contributed by atoms with E-state index in [-0.39, 0.29) is 17.9 Å². The molecule has 0 fully saturated rings. The van der Waals surface area contributed by atoms with Gasteiger partial charge in [0.2, 0.25) is 5.91 Å². The largest absolute Gasteiger partial charge is 0.358 e. The number of amides is 1. The third kappa shape index (κ3) is 3.89. The van der Waals surface area contributed by atoms with Crippen LogP contribution in [0.5, 0.6) is 0 Å². The second kappa shape index (κ2) is 6.66. The molecule has 4 heteroatoms. The second-order valence-corrected chi connectivity index (χ2v) is 3.84. The van der Waals surface area contributed by atoms with Gasteiger partial charge in [-0.25, -0.2) is 0 Å². The van der Waals surface area contributed by atoms with E-state index in [1.807, 2.05) is 30.3 Å². The summed E-state index contributed by atoms with van der Waals surface area (Å²) in [7, 11) is 1.60. The van der Waals surface area contributed by atoms with Crippen LogP contribution in [0.3, 0.4) is 0 Å². The monoisotopic (exact) mass is 231 g/mol. The first-order valence-electron chi connectivity index (χ1n) is 5.58. The Morgan fingerprint density at radius 1 is 1.41 bits per heavy atom. The van der Waals surface area contributed by atoms with Crippen molar-refractivity contribution in [2.75, 3.05) is 13.6 Å². The number of hydrogen-bond acceptors (Lipinski definition) is 3. The zero-order chi connectivity index (χ0) is 12.7. The Balaban J connectivity index is 2.55. The zero-order valence-electron chi connectivity index (χ0n) is 10.1. The van der Waals surface area contributed by atoms with Crippen molar-refractivity contribution in [1.82, 2.24) is 10.6 Å². The lowest BCUT2D eigenvalue weighted by molar-refractivity contribution is -0.122. The van der Waals surface area contributed by atoms with E-state index in [1.54, 1.807) is 14.0 Å². The summed E-state index contributed by atoms with van der Waals surface area (Å²) in [5, 5.41) is 14.7. The van der Waals surface area contributed by atoms with Crippen molar-refractivity contribution in [2.24, 2.45) is 0 Å². The van der Waals surface area contributed by atoms with E-state index in [2.05, 4.69) is 16.7 Å². The van der Waals surface area contributed by atoms with Crippen molar-refractivity contribution in [3.8, 4) is 6.07 Å². The van der Waals surface area contributed by atoms with Crippen molar-refractivity contribution in [3.63, 3.8) is 0 Å². The molecule has 0 aliphatic rings. The number of rotatable bonds is 5. The average molecular weight is 231 g/mol. The molecule has 0 aromatic heterocycles. The fourth-order valence-electron chi connectivity index (χ4n) is 1.53. The maximum atomic E-state index is 11.3. The molecule has 2 atom stereocenters. The van der Waals surface area contributed by atoms with E-state index in [9.17, 15) is 4.79 Å². The van der Waals surface area contributed by atoms with E-state index in [1.165, 1.54) is 0 Å². The number of benzene rings is 1. The summed E-state index contributed by atoms with van der Waals surface area (Å²) in [6, 6.07) is 11.5. The average Bonchev–Trinajstić information content (AvgIpc) is 2.39. The maximum absolute atomic E-state index is 11.3. The Hall–Kier alpha value is -1.86. The molecule has 1 aromatic carbocycles. The number of nitrogens with zero attached hydrogens (tertiary/aromatic N) is 1. The van der Waals surface area contributed by atoms with Gasteiger partial charge in [0.15, 0.2) is 0 Å². The van der Waals surface area contributed by atoms with Gasteiger partial charge in [-0.05, 0) is 12.5 Å². The van der Waals surface area contributed by atoms with E-state index in [0.717, 1.165) is 5.56 Å². The van der Waals surface area contributed by atoms with Gasteiger partial charge in [-0.3, -0.25) is 4.79 Å². The molecule has 2 unspecified atom stereocenters. The maximum Gasteiger partial charge on any atom is 0.236 e. The van der Waals surface area contributed by atoms with Crippen LogP contribution in [0.1, 0.15) is 18.4 Å². The summed E-state index contributed by atoms with van der Waals surface area (Å²) in [6.07, 6.45) is 0. The number of nitriles is 1. The van der Waals surface area contributed by atoms with Gasteiger partial charge in [-0.2, -0.15) is 5.26 Å². The van der Waals surface area contributed by atoms with Crippen LogP contribution in [0.25, 0.3) is 0 Å². The molecule has 1 amide bonds. The van der Waals surface area contributed by atoms with Gasteiger partial charge in [0, 0.05) is 13.6 Å². The molecule has 17 heavy (non-hydrogen) atoms. The predicted molar refractivity (Wildman–Crippen MR) is 66.3 cm³/mol. The summed E-state index contributed by atoms with van der Waals surface area (Å²) < 4.78 is 0. The standard InChI is InChI=1S/C13H17N3O/c1-10(13(17)15-2)16-9-12(8-14)11-6-4-3-5-7-11/h3-7,10,12,16H,9H2,1-2H3,(H,15,17). The quantitative estimate of drug-likeness (QED) is 0.795. The number of carbonyl (C=O) groups excluding carboxylic acids is 1. The van der Waals surface area contributed by atoms with Gasteiger partial charge in [-0.15, -0.1) is 0 Å². The second-order valence-electron chi connectivity index (χ2n) is 3.84. The lowest BCUT2D eigenvalue weighted by Gasteiger charge is -2.15. The Bertz CT molecular complexity index is 397. The molecule has 0 bridgehead atoms. The lowest BCUT2D eigenvalue weighted by Crippen LogP contribution is -2.42. The van der Waals surface area contributed by atoms with Gasteiger partial charge in [0.05, 0.1) is 18.0 Å². The number of likely N-dealkylation sites (N-methyl/N-ethyl adjacent to an activating group) is 1. The number of nitrogens with one attached hydrogen (secondary N) is 2. The van der Waals surface area contributed by atoms with Gasteiger partial charge < -0.3 is 10.6 Å². The third-order valence-corrected chi connectivity index (χ3v) is 2.63. The van der Waals surface area contributed by atoms with Crippen LogP contribution in [-0.4, -0.2) is 25.5 Å². The minimum Gasteiger partial charge on any atom is -0.358 e. The predicted octanol–water partition coefficient (Wildman–Crippen LogP) is 1.02. The number of carbonyl (C=O) groups is 1. The Morgan fingerprint density at radius 2 is 2.06 bits per heavy atom. The van der Waals surface area contributed by atoms with Crippen LogP contribution in [-0.2, 0) is 4.79 Å². The van der Waals surface area contributed by atoms with E-state index in [4.69, 9.17) is 5.26 Å². The fraction of sp³-hybridized carbons (Fsp3) is 0.385. The van der Waals surface area contributed by atoms with Crippen molar-refractivity contribution < 1.29 is 4.79 Å². The minimum absolute atomic E-state index is 0.0743. The normalized spacial score (nSPS) is 13.5. The van der Waals surface area contributed by atoms with E-state index < -0.39 is 0 Å². The highest BCUT2D eigenvalue weighted by molar-refractivity contribution is 5.80. The molecular weight excluding hydrogens is 214 g/mol. The Kier molecular flexibility index (Phi) is 5.18. The molecular formula is C13H17N3O. The Morgan fingerprint density at radius 3 is 2.59 bits per heavy atom. The number of hydrogen-bond donors (Lipinski definition) is 2. The molecule has 0 saturated heterocycles. The van der Waals surface area contributed by atoms with Crippen molar-refractivity contribution in [3.05, 3.63) is 35.9 Å². The van der Waals surface area contributed by atoms with Gasteiger partial charge in [-0.1, -0.05) is 30.3 Å². The van der Waals surface area contributed by atoms with Gasteiger partial charge >= 0.3 is 0 Å². The molecule has 0 spiro atoms. The zero-order valence-corrected chi connectivity index (χ0v) is 10.1. The molecule has 90 valence electrons. The molecule has 4 nitrogen and oxygen atoms in total. The fourth-order valence-corrected chi connectivity index (χ4v) is 1.53. The highest BCUT2D eigenvalue weighted by Gasteiger charge is 2.14. The minimum atomic E-state index is -0.292. The van der Waals surface area contributed by atoms with Crippen molar-refractivity contribution >= 4 is 5.91 Å². The van der Waals surface area contributed by atoms with Crippen LogP contribution >= 0.6 is 0 Å². The van der Waals surface area contributed by atoms with E-state index >= 15 is 0 Å². The molecule has 0 aliphatic heterocycles. The molecule has 1 rings (SSSR count). The third-order valence-electron chi connectivity index (χ3n) is 2.63. The van der Waals surface area contributed by atoms with Crippen molar-refractivity contribution in [1.29, 1.82) is 5.26 Å². The molecule has 0 aliphatic carbocycles. The first-order chi connectivity index (χ1) is 8.19. The molecule has 2 N–H and O–H groups in total. The van der Waals surface area contributed by atoms with Crippen LogP contribution in [0.15, 0.2) is 30.3 Å². The molecule has 0 saturated carbocycles. The summed E-state index contributed by atoms with van der Waals surface area (Å²) >= 11 is 0. The SMILES string of the molecule is CNC(=O)C(C)NCC(C#N)c1ccccc1.